The normalized spacial score (nSPS) is 27.2. The van der Waals surface area contributed by atoms with Gasteiger partial charge in [-0.25, -0.2) is 13.6 Å². The minimum Gasteiger partial charge on any atom is -0.487 e. The first-order valence-electron chi connectivity index (χ1n) is 9.66. The predicted molar refractivity (Wildman–Crippen MR) is 102 cm³/mol. The minimum atomic E-state index is -1.37. The first kappa shape index (κ1) is 18.4. The van der Waals surface area contributed by atoms with Gasteiger partial charge in [-0.15, -0.1) is 0 Å². The van der Waals surface area contributed by atoms with Gasteiger partial charge in [-0.3, -0.25) is 4.79 Å². The molecule has 0 radical (unpaired) electrons. The van der Waals surface area contributed by atoms with Crippen LogP contribution in [-0.2, 0) is 0 Å². The number of alkyl halides is 1. The quantitative estimate of drug-likeness (QED) is 0.811. The third-order valence-electron chi connectivity index (χ3n) is 6.50. The van der Waals surface area contributed by atoms with Gasteiger partial charge < -0.3 is 25.0 Å². The summed E-state index contributed by atoms with van der Waals surface area (Å²) in [5.41, 5.74) is 4.92. The Labute approximate surface area is 164 Å². The molecule has 29 heavy (non-hydrogen) atoms. The highest BCUT2D eigenvalue weighted by atomic mass is 19.1. The Morgan fingerprint density at radius 2 is 2.10 bits per heavy atom. The zero-order valence-corrected chi connectivity index (χ0v) is 15.8. The van der Waals surface area contributed by atoms with E-state index < -0.39 is 34.5 Å². The highest BCUT2D eigenvalue weighted by Gasteiger charge is 2.53. The fourth-order valence-electron chi connectivity index (χ4n) is 4.66. The van der Waals surface area contributed by atoms with Crippen molar-refractivity contribution in [1.29, 1.82) is 0 Å². The maximum absolute atomic E-state index is 15.2. The van der Waals surface area contributed by atoms with Crippen molar-refractivity contribution in [3.8, 4) is 5.75 Å². The topological polar surface area (TPSA) is 97.8 Å². The van der Waals surface area contributed by atoms with Crippen molar-refractivity contribution in [2.24, 2.45) is 11.7 Å². The fraction of sp³-hybridized carbons (Fsp3) is 0.500. The number of halogens is 2. The Kier molecular flexibility index (Phi) is 3.74. The molecule has 1 saturated carbocycles. The summed E-state index contributed by atoms with van der Waals surface area (Å²) in [4.78, 5) is 25.7. The Morgan fingerprint density at radius 1 is 1.38 bits per heavy atom. The molecule has 3 heterocycles. The van der Waals surface area contributed by atoms with Crippen LogP contribution in [0, 0.1) is 11.7 Å². The second-order valence-corrected chi connectivity index (χ2v) is 8.44. The Bertz CT molecular complexity index is 1110. The average Bonchev–Trinajstić information content (AvgIpc) is 3.28. The number of benzene rings is 1. The van der Waals surface area contributed by atoms with Crippen molar-refractivity contribution in [3.05, 3.63) is 33.9 Å². The highest BCUT2D eigenvalue weighted by molar-refractivity contribution is 5.97. The van der Waals surface area contributed by atoms with Gasteiger partial charge in [0, 0.05) is 30.7 Å². The van der Waals surface area contributed by atoms with Gasteiger partial charge in [0.2, 0.25) is 5.43 Å². The van der Waals surface area contributed by atoms with Crippen LogP contribution in [0.5, 0.6) is 5.75 Å². The lowest BCUT2D eigenvalue weighted by atomic mass is 9.96. The van der Waals surface area contributed by atoms with E-state index in [1.807, 2.05) is 6.92 Å². The molecule has 2 aliphatic heterocycles. The number of carbonyl (C=O) groups is 1. The molecule has 0 amide bonds. The molecule has 1 aromatic carbocycles. The lowest BCUT2D eigenvalue weighted by molar-refractivity contribution is 0.0694. The molecule has 1 aromatic heterocycles. The van der Waals surface area contributed by atoms with E-state index in [2.05, 4.69) is 0 Å². The van der Waals surface area contributed by atoms with Crippen LogP contribution < -0.4 is 20.8 Å². The predicted octanol–water partition coefficient (Wildman–Crippen LogP) is 2.06. The van der Waals surface area contributed by atoms with Crippen molar-refractivity contribution < 1.29 is 23.4 Å². The number of pyridine rings is 1. The van der Waals surface area contributed by atoms with Gasteiger partial charge in [0.25, 0.3) is 0 Å². The summed E-state index contributed by atoms with van der Waals surface area (Å²) in [5.74, 6) is -2.33. The van der Waals surface area contributed by atoms with E-state index >= 15 is 4.39 Å². The third kappa shape index (κ3) is 2.56. The largest absolute Gasteiger partial charge is 0.487 e. The zero-order valence-electron chi connectivity index (χ0n) is 15.8. The third-order valence-corrected chi connectivity index (χ3v) is 6.50. The monoisotopic (exact) mass is 405 g/mol. The molecule has 5 rings (SSSR count). The number of carboxylic acid groups (broad SMARTS) is 1. The van der Waals surface area contributed by atoms with Crippen molar-refractivity contribution in [2.45, 2.75) is 37.5 Å². The summed E-state index contributed by atoms with van der Waals surface area (Å²) in [7, 11) is 0. The van der Waals surface area contributed by atoms with Crippen LogP contribution in [0.15, 0.2) is 17.1 Å². The standard InChI is InChI=1S/C20H21F2N3O4/c1-9-8-29-18-15-10(17(26)11(19(27)28)5-25(9)15)4-13(21)16(18)24-6-12(14(22)7-24)20(23)2-3-20/h4-5,9,12,14H,2-3,6-8,23H2,1H3,(H,27,28)/t9-,12-,14-/m0/s1. The first-order chi connectivity index (χ1) is 13.7. The molecule has 0 unspecified atom stereocenters. The molecule has 1 saturated heterocycles. The van der Waals surface area contributed by atoms with E-state index in [0.29, 0.717) is 5.52 Å². The molecule has 154 valence electrons. The van der Waals surface area contributed by atoms with Gasteiger partial charge in [0.1, 0.15) is 24.0 Å². The molecule has 1 aliphatic carbocycles. The fourth-order valence-corrected chi connectivity index (χ4v) is 4.66. The van der Waals surface area contributed by atoms with Crippen LogP contribution in [0.4, 0.5) is 14.5 Å². The SMILES string of the molecule is C[C@H]1COc2c(N3C[C@H](F)[C@@H](C4(N)CC4)C3)c(F)cc3c(=O)c(C(=O)O)cn1c23. The van der Waals surface area contributed by atoms with Crippen LogP contribution in [0.2, 0.25) is 0 Å². The van der Waals surface area contributed by atoms with E-state index in [0.717, 1.165) is 18.9 Å². The van der Waals surface area contributed by atoms with Crippen LogP contribution in [-0.4, -0.2) is 47.0 Å². The number of rotatable bonds is 3. The Hall–Kier alpha value is -2.68. The molecule has 0 bridgehead atoms. The van der Waals surface area contributed by atoms with Gasteiger partial charge in [-0.05, 0) is 25.8 Å². The van der Waals surface area contributed by atoms with E-state index in [1.165, 1.54) is 6.20 Å². The second-order valence-electron chi connectivity index (χ2n) is 8.44. The second kappa shape index (κ2) is 5.91. The number of nitrogens with zero attached hydrogens (tertiary/aromatic N) is 2. The number of hydrogen-bond acceptors (Lipinski definition) is 5. The number of aromatic carboxylic acids is 1. The lowest BCUT2D eigenvalue weighted by Crippen LogP contribution is -2.38. The van der Waals surface area contributed by atoms with E-state index in [9.17, 15) is 19.1 Å². The molecule has 3 N–H and O–H groups in total. The number of carboxylic acids is 1. The first-order valence-corrected chi connectivity index (χ1v) is 9.66. The van der Waals surface area contributed by atoms with Gasteiger partial charge in [-0.1, -0.05) is 0 Å². The molecule has 9 heteroatoms. The van der Waals surface area contributed by atoms with Crippen LogP contribution in [0.1, 0.15) is 36.2 Å². The van der Waals surface area contributed by atoms with Crippen molar-refractivity contribution in [3.63, 3.8) is 0 Å². The number of nitrogens with two attached hydrogens (primary N) is 1. The summed E-state index contributed by atoms with van der Waals surface area (Å²) >= 11 is 0. The van der Waals surface area contributed by atoms with Gasteiger partial charge in [0.15, 0.2) is 11.6 Å². The summed E-state index contributed by atoms with van der Waals surface area (Å²) in [6, 6.07) is 0.789. The van der Waals surface area contributed by atoms with Gasteiger partial charge >= 0.3 is 5.97 Å². The van der Waals surface area contributed by atoms with Crippen LogP contribution in [0.25, 0.3) is 10.9 Å². The number of aromatic nitrogens is 1. The summed E-state index contributed by atoms with van der Waals surface area (Å²) in [6.45, 7) is 2.26. The Morgan fingerprint density at radius 3 is 2.76 bits per heavy atom. The van der Waals surface area contributed by atoms with Crippen molar-refractivity contribution in [2.75, 3.05) is 24.6 Å². The highest BCUT2D eigenvalue weighted by Crippen LogP contribution is 2.48. The molecule has 2 aromatic rings. The molecule has 3 aliphatic rings. The number of ether oxygens (including phenoxy) is 1. The molecular weight excluding hydrogens is 384 g/mol. The summed E-state index contributed by atoms with van der Waals surface area (Å²) in [6.07, 6.45) is 1.60. The van der Waals surface area contributed by atoms with Crippen molar-refractivity contribution >= 4 is 22.6 Å². The van der Waals surface area contributed by atoms with Gasteiger partial charge in [-0.2, -0.15) is 0 Å². The molecular formula is C20H21F2N3O4. The number of hydrogen-bond donors (Lipinski definition) is 2. The Balaban J connectivity index is 1.71. The lowest BCUT2D eigenvalue weighted by Gasteiger charge is -2.31. The summed E-state index contributed by atoms with van der Waals surface area (Å²) < 4.78 is 37.3. The maximum atomic E-state index is 15.2. The van der Waals surface area contributed by atoms with Gasteiger partial charge in [0.05, 0.1) is 16.9 Å². The van der Waals surface area contributed by atoms with Crippen LogP contribution >= 0.6 is 0 Å². The molecule has 2 fully saturated rings. The smallest absolute Gasteiger partial charge is 0.341 e. The summed E-state index contributed by atoms with van der Waals surface area (Å²) in [5, 5.41) is 9.30. The van der Waals surface area contributed by atoms with E-state index in [4.69, 9.17) is 10.5 Å². The van der Waals surface area contributed by atoms with E-state index in [1.54, 1.807) is 9.47 Å². The zero-order chi connectivity index (χ0) is 20.7. The minimum absolute atomic E-state index is 0.00456. The van der Waals surface area contributed by atoms with Crippen LogP contribution in [0.3, 0.4) is 0 Å². The van der Waals surface area contributed by atoms with E-state index in [-0.39, 0.29) is 48.5 Å². The molecule has 0 spiro atoms. The molecule has 7 nitrogen and oxygen atoms in total. The number of anilines is 1. The van der Waals surface area contributed by atoms with Crippen molar-refractivity contribution in [1.82, 2.24) is 4.57 Å². The maximum Gasteiger partial charge on any atom is 0.341 e. The molecule has 3 atom stereocenters. The average molecular weight is 405 g/mol.